The smallest absolute Gasteiger partial charge is 0.244 e. The van der Waals surface area contributed by atoms with Gasteiger partial charge in [-0.25, -0.2) is 13.4 Å². The van der Waals surface area contributed by atoms with E-state index in [1.165, 1.54) is 29.6 Å². The van der Waals surface area contributed by atoms with Gasteiger partial charge >= 0.3 is 0 Å². The molecule has 1 amide bonds. The molecule has 1 aromatic carbocycles. The summed E-state index contributed by atoms with van der Waals surface area (Å²) in [6, 6.07) is 10.5. The molecule has 8 heteroatoms. The number of sulfonamides is 1. The highest BCUT2D eigenvalue weighted by Gasteiger charge is 2.21. The van der Waals surface area contributed by atoms with Gasteiger partial charge in [0.25, 0.3) is 0 Å². The lowest BCUT2D eigenvalue weighted by Gasteiger charge is -2.27. The fourth-order valence-electron chi connectivity index (χ4n) is 3.71. The van der Waals surface area contributed by atoms with Crippen LogP contribution in [0, 0.1) is 0 Å². The average Bonchev–Trinajstić information content (AvgIpc) is 2.83. The van der Waals surface area contributed by atoms with E-state index in [0.717, 1.165) is 30.0 Å². The van der Waals surface area contributed by atoms with Crippen LogP contribution < -0.4 is 10.2 Å². The fraction of sp³-hybridized carbons (Fsp3) is 0.417. The lowest BCUT2D eigenvalue weighted by atomic mass is 10.1. The van der Waals surface area contributed by atoms with Gasteiger partial charge in [0.05, 0.1) is 4.90 Å². The van der Waals surface area contributed by atoms with Crippen LogP contribution in [0.25, 0.3) is 6.08 Å². The second kappa shape index (κ2) is 11.2. The van der Waals surface area contributed by atoms with Gasteiger partial charge in [-0.15, -0.1) is 0 Å². The number of carbonyl (C=O) groups is 1. The molecule has 32 heavy (non-hydrogen) atoms. The molecule has 1 saturated heterocycles. The maximum atomic E-state index is 12.5. The Morgan fingerprint density at radius 1 is 1.06 bits per heavy atom. The number of nitrogens with zero attached hydrogens (tertiary/aromatic N) is 3. The first kappa shape index (κ1) is 23.9. The zero-order chi connectivity index (χ0) is 23.0. The van der Waals surface area contributed by atoms with E-state index in [1.807, 2.05) is 32.2 Å². The molecule has 0 spiro atoms. The first-order chi connectivity index (χ1) is 15.4. The van der Waals surface area contributed by atoms with Crippen molar-refractivity contribution in [3.05, 3.63) is 59.8 Å². The fourth-order valence-corrected chi connectivity index (χ4v) is 5.17. The Labute approximate surface area is 191 Å². The number of anilines is 1. The molecule has 1 aliphatic rings. The second-order valence-electron chi connectivity index (χ2n) is 7.78. The van der Waals surface area contributed by atoms with E-state index in [9.17, 15) is 13.2 Å². The van der Waals surface area contributed by atoms with Crippen LogP contribution >= 0.6 is 0 Å². The van der Waals surface area contributed by atoms with Crippen molar-refractivity contribution in [3.63, 3.8) is 0 Å². The van der Waals surface area contributed by atoms with Gasteiger partial charge in [-0.05, 0) is 54.7 Å². The predicted octanol–water partition coefficient (Wildman–Crippen LogP) is 3.43. The molecule has 1 aromatic heterocycles. The molecule has 7 nitrogen and oxygen atoms in total. The van der Waals surface area contributed by atoms with Crippen molar-refractivity contribution in [2.75, 3.05) is 31.1 Å². The summed E-state index contributed by atoms with van der Waals surface area (Å²) in [6.07, 6.45) is 8.63. The molecular formula is C24H32N4O3S. The summed E-state index contributed by atoms with van der Waals surface area (Å²) in [6.45, 7) is 6.99. The summed E-state index contributed by atoms with van der Waals surface area (Å²) in [7, 11) is -3.48. The number of rotatable bonds is 9. The molecule has 1 fully saturated rings. The van der Waals surface area contributed by atoms with E-state index in [-0.39, 0.29) is 10.8 Å². The van der Waals surface area contributed by atoms with E-state index in [0.29, 0.717) is 19.6 Å². The Balaban J connectivity index is 1.52. The summed E-state index contributed by atoms with van der Waals surface area (Å²) in [5.41, 5.74) is 1.70. The van der Waals surface area contributed by atoms with Crippen LogP contribution in [0.1, 0.15) is 44.2 Å². The molecular weight excluding hydrogens is 424 g/mol. The lowest BCUT2D eigenvalue weighted by molar-refractivity contribution is -0.116. The van der Waals surface area contributed by atoms with Gasteiger partial charge in [-0.2, -0.15) is 4.31 Å². The third kappa shape index (κ3) is 6.17. The number of aromatic nitrogens is 1. The molecule has 0 aliphatic carbocycles. The molecule has 2 aromatic rings. The number of amides is 1. The highest BCUT2D eigenvalue weighted by Crippen LogP contribution is 2.18. The number of nitrogens with one attached hydrogen (secondary N) is 1. The maximum Gasteiger partial charge on any atom is 0.244 e. The molecule has 0 unspecified atom stereocenters. The SMILES string of the molecule is CCN(CC)S(=O)(=O)c1ccc(/C=C/C(=O)NCc2ccc(N3CCCCC3)nc2)cc1. The molecule has 0 atom stereocenters. The molecule has 0 bridgehead atoms. The van der Waals surface area contributed by atoms with Crippen molar-refractivity contribution in [1.29, 1.82) is 0 Å². The van der Waals surface area contributed by atoms with Crippen LogP contribution in [0.5, 0.6) is 0 Å². The molecule has 3 rings (SSSR count). The predicted molar refractivity (Wildman–Crippen MR) is 128 cm³/mol. The molecule has 2 heterocycles. The van der Waals surface area contributed by atoms with Crippen molar-refractivity contribution >= 4 is 27.8 Å². The van der Waals surface area contributed by atoms with E-state index in [1.54, 1.807) is 30.3 Å². The Kier molecular flexibility index (Phi) is 8.41. The van der Waals surface area contributed by atoms with Crippen molar-refractivity contribution in [2.45, 2.75) is 44.6 Å². The normalized spacial score (nSPS) is 14.8. The average molecular weight is 457 g/mol. The number of hydrogen-bond donors (Lipinski definition) is 1. The van der Waals surface area contributed by atoms with E-state index >= 15 is 0 Å². The molecule has 1 aliphatic heterocycles. The monoisotopic (exact) mass is 456 g/mol. The number of benzene rings is 1. The van der Waals surface area contributed by atoms with Crippen molar-refractivity contribution in [3.8, 4) is 0 Å². The summed E-state index contributed by atoms with van der Waals surface area (Å²) in [5, 5.41) is 2.85. The second-order valence-corrected chi connectivity index (χ2v) is 9.72. The summed E-state index contributed by atoms with van der Waals surface area (Å²) in [4.78, 5) is 19.3. The van der Waals surface area contributed by atoms with Gasteiger partial charge in [0.1, 0.15) is 5.82 Å². The van der Waals surface area contributed by atoms with Crippen LogP contribution in [0.3, 0.4) is 0 Å². The Morgan fingerprint density at radius 2 is 1.75 bits per heavy atom. The summed E-state index contributed by atoms with van der Waals surface area (Å²) >= 11 is 0. The third-order valence-corrected chi connectivity index (χ3v) is 7.67. The van der Waals surface area contributed by atoms with Crippen LogP contribution in [0.4, 0.5) is 5.82 Å². The van der Waals surface area contributed by atoms with E-state index in [2.05, 4.69) is 15.2 Å². The lowest BCUT2D eigenvalue weighted by Crippen LogP contribution is -2.30. The quantitative estimate of drug-likeness (QED) is 0.585. The minimum atomic E-state index is -3.48. The summed E-state index contributed by atoms with van der Waals surface area (Å²) < 4.78 is 26.5. The zero-order valence-electron chi connectivity index (χ0n) is 18.8. The topological polar surface area (TPSA) is 82.6 Å². The molecule has 0 saturated carbocycles. The standard InChI is InChI=1S/C24H32N4O3S/c1-3-28(4-2)32(30,31)22-12-8-20(9-13-22)11-15-24(29)26-19-21-10-14-23(25-18-21)27-16-6-5-7-17-27/h8-15,18H,3-7,16-17,19H2,1-2H3,(H,26,29)/b15-11+. The largest absolute Gasteiger partial charge is 0.357 e. The molecule has 0 radical (unpaired) electrons. The van der Waals surface area contributed by atoms with Crippen molar-refractivity contribution in [2.24, 2.45) is 0 Å². The number of pyridine rings is 1. The minimum absolute atomic E-state index is 0.218. The highest BCUT2D eigenvalue weighted by molar-refractivity contribution is 7.89. The van der Waals surface area contributed by atoms with Gasteiger partial charge in [-0.3, -0.25) is 4.79 Å². The van der Waals surface area contributed by atoms with Crippen LogP contribution in [-0.4, -0.2) is 49.8 Å². The maximum absolute atomic E-state index is 12.5. The summed E-state index contributed by atoms with van der Waals surface area (Å²) in [5.74, 6) is 0.774. The first-order valence-corrected chi connectivity index (χ1v) is 12.6. The van der Waals surface area contributed by atoms with Gasteiger partial charge < -0.3 is 10.2 Å². The van der Waals surface area contributed by atoms with Crippen LogP contribution in [0.2, 0.25) is 0 Å². The highest BCUT2D eigenvalue weighted by atomic mass is 32.2. The van der Waals surface area contributed by atoms with E-state index in [4.69, 9.17) is 0 Å². The van der Waals surface area contributed by atoms with Gasteiger partial charge in [-0.1, -0.05) is 32.0 Å². The third-order valence-electron chi connectivity index (χ3n) is 5.61. The van der Waals surface area contributed by atoms with Crippen LogP contribution in [0.15, 0.2) is 53.6 Å². The Morgan fingerprint density at radius 3 is 2.34 bits per heavy atom. The first-order valence-electron chi connectivity index (χ1n) is 11.2. The zero-order valence-corrected chi connectivity index (χ0v) is 19.6. The van der Waals surface area contributed by atoms with Crippen molar-refractivity contribution < 1.29 is 13.2 Å². The van der Waals surface area contributed by atoms with Crippen LogP contribution in [-0.2, 0) is 21.4 Å². The van der Waals surface area contributed by atoms with Gasteiger partial charge in [0.15, 0.2) is 0 Å². The van der Waals surface area contributed by atoms with E-state index < -0.39 is 10.0 Å². The molecule has 1 N–H and O–H groups in total. The Hall–Kier alpha value is -2.71. The van der Waals surface area contributed by atoms with Gasteiger partial charge in [0, 0.05) is 45.0 Å². The number of hydrogen-bond acceptors (Lipinski definition) is 5. The van der Waals surface area contributed by atoms with Crippen molar-refractivity contribution in [1.82, 2.24) is 14.6 Å². The number of piperidine rings is 1. The minimum Gasteiger partial charge on any atom is -0.357 e. The molecule has 172 valence electrons. The van der Waals surface area contributed by atoms with Gasteiger partial charge in [0.2, 0.25) is 15.9 Å². The number of carbonyl (C=O) groups excluding carboxylic acids is 1. The Bertz CT molecular complexity index is 1010.